The second kappa shape index (κ2) is 23.7. The van der Waals surface area contributed by atoms with Gasteiger partial charge in [0.1, 0.15) is 38.8 Å². The summed E-state index contributed by atoms with van der Waals surface area (Å²) in [5.74, 6) is -2.47. The van der Waals surface area contributed by atoms with Crippen molar-refractivity contribution in [2.45, 2.75) is 72.2 Å². The smallest absolute Gasteiger partial charge is 0.333 e. The van der Waals surface area contributed by atoms with Crippen LogP contribution in [0.15, 0.2) is 54.6 Å². The van der Waals surface area contributed by atoms with Gasteiger partial charge in [0.2, 0.25) is 0 Å². The van der Waals surface area contributed by atoms with E-state index in [1.54, 1.807) is 19.1 Å². The SMILES string of the molecule is C=C(C)C(=O)OCCOC(=O)CCC(=O)OC(C)(C)C(C)=O.C=C(C)C(O)OCCOC(=O)CCC(=O)OCCOc1ccccc1. The minimum Gasteiger partial charge on any atom is -0.490 e. The summed E-state index contributed by atoms with van der Waals surface area (Å²) in [6.07, 6.45) is -1.60. The number of ketones is 1. The van der Waals surface area contributed by atoms with Crippen LogP contribution in [-0.4, -0.2) is 92.3 Å². The van der Waals surface area contributed by atoms with Gasteiger partial charge in [-0.1, -0.05) is 31.4 Å². The number of carbonyl (C=O) groups is 6. The van der Waals surface area contributed by atoms with Gasteiger partial charge in [-0.25, -0.2) is 4.79 Å². The average molecular weight is 667 g/mol. The molecule has 1 unspecified atom stereocenters. The fourth-order valence-electron chi connectivity index (χ4n) is 2.73. The van der Waals surface area contributed by atoms with Crippen molar-refractivity contribution >= 4 is 35.6 Å². The van der Waals surface area contributed by atoms with Crippen LogP contribution in [-0.2, 0) is 57.2 Å². The molecule has 262 valence electrons. The second-order valence-electron chi connectivity index (χ2n) is 10.3. The molecule has 0 fully saturated rings. The van der Waals surface area contributed by atoms with Gasteiger partial charge in [-0.15, -0.1) is 0 Å². The molecular weight excluding hydrogens is 620 g/mol. The zero-order valence-corrected chi connectivity index (χ0v) is 27.7. The van der Waals surface area contributed by atoms with Crippen LogP contribution in [0.4, 0.5) is 0 Å². The van der Waals surface area contributed by atoms with Gasteiger partial charge in [0.05, 0.1) is 32.3 Å². The first-order valence-electron chi connectivity index (χ1n) is 14.7. The summed E-state index contributed by atoms with van der Waals surface area (Å²) in [6, 6.07) is 9.17. The van der Waals surface area contributed by atoms with Crippen molar-refractivity contribution in [2.24, 2.45) is 0 Å². The largest absolute Gasteiger partial charge is 0.490 e. The zero-order valence-electron chi connectivity index (χ0n) is 27.7. The van der Waals surface area contributed by atoms with Gasteiger partial charge in [0, 0.05) is 5.57 Å². The van der Waals surface area contributed by atoms with E-state index >= 15 is 0 Å². The van der Waals surface area contributed by atoms with Crippen LogP contribution in [0.3, 0.4) is 0 Å². The van der Waals surface area contributed by atoms with Crippen molar-refractivity contribution in [2.75, 3.05) is 39.6 Å². The number of rotatable bonds is 21. The molecule has 0 saturated carbocycles. The quantitative estimate of drug-likeness (QED) is 0.0503. The Bertz CT molecular complexity index is 1190. The van der Waals surface area contributed by atoms with Gasteiger partial charge in [-0.3, -0.25) is 24.0 Å². The Kier molecular flexibility index (Phi) is 21.4. The molecule has 0 spiro atoms. The number of Topliss-reactive ketones (excluding diaryl/α,β-unsaturated/α-hetero) is 1. The van der Waals surface area contributed by atoms with E-state index in [1.165, 1.54) is 27.7 Å². The lowest BCUT2D eigenvalue weighted by molar-refractivity contribution is -0.164. The van der Waals surface area contributed by atoms with Crippen molar-refractivity contribution in [3.8, 4) is 5.75 Å². The summed E-state index contributed by atoms with van der Waals surface area (Å²) in [6.45, 7) is 14.5. The molecule has 1 N–H and O–H groups in total. The van der Waals surface area contributed by atoms with Crippen molar-refractivity contribution in [1.29, 1.82) is 0 Å². The zero-order chi connectivity index (χ0) is 35.8. The van der Waals surface area contributed by atoms with Crippen LogP contribution in [0.25, 0.3) is 0 Å². The predicted octanol–water partition coefficient (Wildman–Crippen LogP) is 3.18. The Morgan fingerprint density at radius 2 is 1.13 bits per heavy atom. The van der Waals surface area contributed by atoms with Crippen molar-refractivity contribution in [3.05, 3.63) is 54.6 Å². The van der Waals surface area contributed by atoms with Crippen LogP contribution in [0.5, 0.6) is 5.75 Å². The molecule has 0 bridgehead atoms. The van der Waals surface area contributed by atoms with Crippen LogP contribution >= 0.6 is 0 Å². The van der Waals surface area contributed by atoms with Crippen molar-refractivity contribution in [3.63, 3.8) is 0 Å². The third-order valence-corrected chi connectivity index (χ3v) is 5.61. The summed E-state index contributed by atoms with van der Waals surface area (Å²) >= 11 is 0. The third-order valence-electron chi connectivity index (χ3n) is 5.61. The molecule has 1 aromatic carbocycles. The molecule has 1 atom stereocenters. The molecule has 14 nitrogen and oxygen atoms in total. The Hall–Kier alpha value is -4.56. The lowest BCUT2D eigenvalue weighted by Gasteiger charge is -2.21. The van der Waals surface area contributed by atoms with Gasteiger partial charge in [0.15, 0.2) is 17.7 Å². The first kappa shape index (κ1) is 42.4. The number of para-hydroxylation sites is 1. The number of aliphatic hydroxyl groups is 1. The highest BCUT2D eigenvalue weighted by molar-refractivity contribution is 5.87. The van der Waals surface area contributed by atoms with Gasteiger partial charge in [-0.2, -0.15) is 0 Å². The van der Waals surface area contributed by atoms with E-state index in [1.807, 2.05) is 18.2 Å². The highest BCUT2D eigenvalue weighted by Gasteiger charge is 2.28. The minimum atomic E-state index is -1.21. The number of esters is 5. The topological polar surface area (TPSA) is 187 Å². The fourth-order valence-corrected chi connectivity index (χ4v) is 2.73. The van der Waals surface area contributed by atoms with Crippen molar-refractivity contribution < 1.29 is 67.0 Å². The molecule has 0 aliphatic heterocycles. The van der Waals surface area contributed by atoms with Gasteiger partial charge >= 0.3 is 29.8 Å². The van der Waals surface area contributed by atoms with E-state index in [0.717, 1.165) is 0 Å². The van der Waals surface area contributed by atoms with Crippen molar-refractivity contribution in [1.82, 2.24) is 0 Å². The molecule has 1 rings (SSSR count). The summed E-state index contributed by atoms with van der Waals surface area (Å²) in [5.41, 5.74) is -0.495. The Labute approximate surface area is 274 Å². The molecule has 0 aliphatic rings. The minimum absolute atomic E-state index is 0.0108. The number of hydrogen-bond acceptors (Lipinski definition) is 14. The average Bonchev–Trinajstić information content (AvgIpc) is 3.01. The Morgan fingerprint density at radius 1 is 0.681 bits per heavy atom. The summed E-state index contributed by atoms with van der Waals surface area (Å²) in [5, 5.41) is 9.31. The summed E-state index contributed by atoms with van der Waals surface area (Å²) in [7, 11) is 0. The van der Waals surface area contributed by atoms with Crippen LogP contribution in [0.1, 0.15) is 60.3 Å². The van der Waals surface area contributed by atoms with Gasteiger partial charge in [0.25, 0.3) is 0 Å². The van der Waals surface area contributed by atoms with E-state index in [2.05, 4.69) is 13.2 Å². The number of benzene rings is 1. The lowest BCUT2D eigenvalue weighted by atomic mass is 10.1. The first-order valence-corrected chi connectivity index (χ1v) is 14.7. The molecule has 47 heavy (non-hydrogen) atoms. The second-order valence-corrected chi connectivity index (χ2v) is 10.3. The first-order chi connectivity index (χ1) is 22.0. The monoisotopic (exact) mass is 666 g/mol. The summed E-state index contributed by atoms with van der Waals surface area (Å²) in [4.78, 5) is 68.1. The molecule has 1 aromatic rings. The van der Waals surface area contributed by atoms with Gasteiger partial charge < -0.3 is 38.3 Å². The lowest BCUT2D eigenvalue weighted by Crippen LogP contribution is -2.35. The number of carbonyl (C=O) groups excluding carboxylic acids is 6. The molecule has 0 saturated heterocycles. The van der Waals surface area contributed by atoms with E-state index < -0.39 is 41.7 Å². The number of aliphatic hydroxyl groups excluding tert-OH is 1. The maximum Gasteiger partial charge on any atom is 0.333 e. The summed E-state index contributed by atoms with van der Waals surface area (Å²) < 4.78 is 34.6. The third kappa shape index (κ3) is 22.6. The van der Waals surface area contributed by atoms with Crippen LogP contribution < -0.4 is 4.74 Å². The van der Waals surface area contributed by atoms with Crippen LogP contribution in [0, 0.1) is 0 Å². The molecule has 0 heterocycles. The van der Waals surface area contributed by atoms with E-state index in [-0.39, 0.29) is 76.7 Å². The normalized spacial score (nSPS) is 11.0. The molecule has 14 heteroatoms. The van der Waals surface area contributed by atoms with E-state index in [0.29, 0.717) is 11.3 Å². The molecule has 0 amide bonds. The highest BCUT2D eigenvalue weighted by Crippen LogP contribution is 2.12. The molecular formula is C33H46O14. The highest BCUT2D eigenvalue weighted by atomic mass is 16.6. The fraction of sp³-hybridized carbons (Fsp3) is 0.515. The number of hydrogen-bond donors (Lipinski definition) is 1. The maximum atomic E-state index is 11.5. The molecule has 0 aliphatic carbocycles. The Morgan fingerprint density at radius 3 is 1.60 bits per heavy atom. The molecule has 0 aromatic heterocycles. The van der Waals surface area contributed by atoms with E-state index in [9.17, 15) is 33.9 Å². The number of ether oxygens (including phenoxy) is 7. The maximum absolute atomic E-state index is 11.5. The van der Waals surface area contributed by atoms with Gasteiger partial charge in [-0.05, 0) is 52.3 Å². The predicted molar refractivity (Wildman–Crippen MR) is 167 cm³/mol. The van der Waals surface area contributed by atoms with E-state index in [4.69, 9.17) is 33.2 Å². The Balaban J connectivity index is 0.000000909. The van der Waals surface area contributed by atoms with Crippen LogP contribution in [0.2, 0.25) is 0 Å². The molecule has 0 radical (unpaired) electrons. The standard InChI is InChI=1S/C18H24O7.C15H22O7/c1-14(2)18(21)25-13-12-24-17(20)9-8-16(19)23-11-10-22-15-6-4-3-5-7-15;1-10(2)14(19)21-9-8-20-12(17)6-7-13(18)22-15(4,5)11(3)16/h3-7,18,21H,1,8-13H2,2H3;1,6-9H2,2-5H3.